The molecule has 0 radical (unpaired) electrons. The topological polar surface area (TPSA) is 67.2 Å². The molecule has 1 aromatic rings. The number of hydrogen-bond donors (Lipinski definition) is 3. The van der Waals surface area contributed by atoms with Crippen LogP contribution >= 0.6 is 0 Å². The van der Waals surface area contributed by atoms with Crippen LogP contribution in [0.25, 0.3) is 0 Å². The number of nitrogens with two attached hydrogens (primary N) is 1. The van der Waals surface area contributed by atoms with Gasteiger partial charge in [-0.2, -0.15) is 0 Å². The number of hydrogen-bond acceptors (Lipinski definition) is 3. The Labute approximate surface area is 103 Å². The second kappa shape index (κ2) is 6.13. The SMILES string of the molecule is CNC(=O)c1cc(N)ccc1NCCC(C)C. The van der Waals surface area contributed by atoms with Gasteiger partial charge in [0.1, 0.15) is 0 Å². The predicted molar refractivity (Wildman–Crippen MR) is 72.2 cm³/mol. The van der Waals surface area contributed by atoms with Crippen molar-refractivity contribution in [1.29, 1.82) is 0 Å². The summed E-state index contributed by atoms with van der Waals surface area (Å²) in [5, 5.41) is 5.88. The smallest absolute Gasteiger partial charge is 0.253 e. The second-order valence-corrected chi connectivity index (χ2v) is 4.49. The van der Waals surface area contributed by atoms with Gasteiger partial charge < -0.3 is 16.4 Å². The van der Waals surface area contributed by atoms with Crippen molar-refractivity contribution in [3.63, 3.8) is 0 Å². The lowest BCUT2D eigenvalue weighted by Gasteiger charge is -2.12. The highest BCUT2D eigenvalue weighted by atomic mass is 16.1. The van der Waals surface area contributed by atoms with Crippen LogP contribution in [-0.4, -0.2) is 19.5 Å². The van der Waals surface area contributed by atoms with Gasteiger partial charge in [0.25, 0.3) is 5.91 Å². The second-order valence-electron chi connectivity index (χ2n) is 4.49. The Morgan fingerprint density at radius 2 is 2.12 bits per heavy atom. The summed E-state index contributed by atoms with van der Waals surface area (Å²) in [4.78, 5) is 11.7. The third-order valence-electron chi connectivity index (χ3n) is 2.55. The highest BCUT2D eigenvalue weighted by Gasteiger charge is 2.10. The molecule has 0 unspecified atom stereocenters. The molecule has 0 aliphatic heterocycles. The summed E-state index contributed by atoms with van der Waals surface area (Å²) in [5.74, 6) is 0.518. The van der Waals surface area contributed by atoms with Crippen molar-refractivity contribution in [2.75, 3.05) is 24.6 Å². The summed E-state index contributed by atoms with van der Waals surface area (Å²) in [7, 11) is 1.61. The van der Waals surface area contributed by atoms with Gasteiger partial charge in [0.2, 0.25) is 0 Å². The number of anilines is 2. The number of amides is 1. The third kappa shape index (κ3) is 3.98. The van der Waals surface area contributed by atoms with Crippen molar-refractivity contribution in [2.45, 2.75) is 20.3 Å². The van der Waals surface area contributed by atoms with Crippen molar-refractivity contribution < 1.29 is 4.79 Å². The van der Waals surface area contributed by atoms with Crippen LogP contribution in [0.3, 0.4) is 0 Å². The monoisotopic (exact) mass is 235 g/mol. The highest BCUT2D eigenvalue weighted by Crippen LogP contribution is 2.19. The maximum Gasteiger partial charge on any atom is 0.253 e. The average molecular weight is 235 g/mol. The normalized spacial score (nSPS) is 10.4. The van der Waals surface area contributed by atoms with E-state index in [1.165, 1.54) is 0 Å². The number of nitrogen functional groups attached to an aromatic ring is 1. The van der Waals surface area contributed by atoms with Crippen molar-refractivity contribution in [3.8, 4) is 0 Å². The molecule has 0 bridgehead atoms. The van der Waals surface area contributed by atoms with E-state index in [1.54, 1.807) is 19.2 Å². The molecule has 0 heterocycles. The summed E-state index contributed by atoms with van der Waals surface area (Å²) < 4.78 is 0. The van der Waals surface area contributed by atoms with Gasteiger partial charge in [-0.25, -0.2) is 0 Å². The zero-order valence-corrected chi connectivity index (χ0v) is 10.7. The molecule has 0 fully saturated rings. The molecule has 0 aliphatic rings. The van der Waals surface area contributed by atoms with Gasteiger partial charge in [-0.1, -0.05) is 13.8 Å². The van der Waals surface area contributed by atoms with E-state index in [1.807, 2.05) is 6.07 Å². The molecule has 4 N–H and O–H groups in total. The van der Waals surface area contributed by atoms with E-state index in [0.29, 0.717) is 17.2 Å². The van der Waals surface area contributed by atoms with Crippen LogP contribution in [0, 0.1) is 5.92 Å². The van der Waals surface area contributed by atoms with Gasteiger partial charge in [0, 0.05) is 25.0 Å². The fourth-order valence-corrected chi connectivity index (χ4v) is 1.53. The van der Waals surface area contributed by atoms with Gasteiger partial charge in [-0.05, 0) is 30.5 Å². The van der Waals surface area contributed by atoms with Crippen molar-refractivity contribution in [1.82, 2.24) is 5.32 Å². The summed E-state index contributed by atoms with van der Waals surface area (Å²) in [6.45, 7) is 5.19. The number of carbonyl (C=O) groups is 1. The Bertz CT molecular complexity index is 388. The number of rotatable bonds is 5. The molecular weight excluding hydrogens is 214 g/mol. The summed E-state index contributed by atoms with van der Waals surface area (Å²) in [6.07, 6.45) is 1.07. The molecule has 1 amide bonds. The summed E-state index contributed by atoms with van der Waals surface area (Å²) in [6, 6.07) is 5.33. The van der Waals surface area contributed by atoms with Crippen LogP contribution in [0.15, 0.2) is 18.2 Å². The van der Waals surface area contributed by atoms with E-state index in [-0.39, 0.29) is 5.91 Å². The lowest BCUT2D eigenvalue weighted by molar-refractivity contribution is 0.0964. The minimum absolute atomic E-state index is 0.121. The minimum Gasteiger partial charge on any atom is -0.399 e. The molecule has 0 saturated heterocycles. The number of benzene rings is 1. The van der Waals surface area contributed by atoms with Gasteiger partial charge >= 0.3 is 0 Å². The molecule has 1 rings (SSSR count). The molecule has 0 aliphatic carbocycles. The van der Waals surface area contributed by atoms with Gasteiger partial charge in [0.05, 0.1) is 5.56 Å². The molecule has 94 valence electrons. The molecule has 0 atom stereocenters. The lowest BCUT2D eigenvalue weighted by Crippen LogP contribution is -2.20. The van der Waals surface area contributed by atoms with Crippen LogP contribution in [0.4, 0.5) is 11.4 Å². The molecule has 1 aromatic carbocycles. The van der Waals surface area contributed by atoms with Crippen LogP contribution < -0.4 is 16.4 Å². The molecule has 4 heteroatoms. The van der Waals surface area contributed by atoms with Gasteiger partial charge in [-0.15, -0.1) is 0 Å². The highest BCUT2D eigenvalue weighted by molar-refractivity contribution is 6.00. The predicted octanol–water partition coefficient (Wildman–Crippen LogP) is 2.09. The van der Waals surface area contributed by atoms with Crippen LogP contribution in [0.5, 0.6) is 0 Å². The zero-order chi connectivity index (χ0) is 12.8. The quantitative estimate of drug-likeness (QED) is 0.684. The molecule has 4 nitrogen and oxygen atoms in total. The maximum absolute atomic E-state index is 11.7. The number of nitrogens with one attached hydrogen (secondary N) is 2. The fraction of sp³-hybridized carbons (Fsp3) is 0.462. The fourth-order valence-electron chi connectivity index (χ4n) is 1.53. The molecular formula is C13H21N3O. The Morgan fingerprint density at radius 3 is 2.71 bits per heavy atom. The first-order valence-corrected chi connectivity index (χ1v) is 5.90. The van der Waals surface area contributed by atoms with Crippen LogP contribution in [-0.2, 0) is 0 Å². The van der Waals surface area contributed by atoms with E-state index in [2.05, 4.69) is 24.5 Å². The Hall–Kier alpha value is -1.71. The van der Waals surface area contributed by atoms with Crippen molar-refractivity contribution in [2.24, 2.45) is 5.92 Å². The van der Waals surface area contributed by atoms with Crippen LogP contribution in [0.1, 0.15) is 30.6 Å². The first-order chi connectivity index (χ1) is 8.04. The Kier molecular flexibility index (Phi) is 4.82. The maximum atomic E-state index is 11.7. The van der Waals surface area contributed by atoms with Crippen molar-refractivity contribution >= 4 is 17.3 Å². The molecule has 0 saturated carbocycles. The first kappa shape index (κ1) is 13.4. The Morgan fingerprint density at radius 1 is 1.41 bits per heavy atom. The summed E-state index contributed by atoms with van der Waals surface area (Å²) in [5.41, 5.74) is 7.71. The van der Waals surface area contributed by atoms with E-state index in [0.717, 1.165) is 18.7 Å². The Balaban J connectivity index is 2.79. The standard InChI is InChI=1S/C13H21N3O/c1-9(2)6-7-16-12-5-4-10(14)8-11(12)13(17)15-3/h4-5,8-9,16H,6-7,14H2,1-3H3,(H,15,17). The number of carbonyl (C=O) groups excluding carboxylic acids is 1. The minimum atomic E-state index is -0.121. The molecule has 0 aromatic heterocycles. The van der Waals surface area contributed by atoms with E-state index in [9.17, 15) is 4.79 Å². The third-order valence-corrected chi connectivity index (χ3v) is 2.55. The van der Waals surface area contributed by atoms with Crippen LogP contribution in [0.2, 0.25) is 0 Å². The van der Waals surface area contributed by atoms with Gasteiger partial charge in [-0.3, -0.25) is 4.79 Å². The van der Waals surface area contributed by atoms with E-state index >= 15 is 0 Å². The van der Waals surface area contributed by atoms with E-state index < -0.39 is 0 Å². The molecule has 17 heavy (non-hydrogen) atoms. The lowest BCUT2D eigenvalue weighted by atomic mass is 10.1. The average Bonchev–Trinajstić information content (AvgIpc) is 2.29. The van der Waals surface area contributed by atoms with Gasteiger partial charge in [0.15, 0.2) is 0 Å². The van der Waals surface area contributed by atoms with Crippen molar-refractivity contribution in [3.05, 3.63) is 23.8 Å². The largest absolute Gasteiger partial charge is 0.399 e. The first-order valence-electron chi connectivity index (χ1n) is 5.90. The summed E-state index contributed by atoms with van der Waals surface area (Å²) >= 11 is 0. The molecule has 0 spiro atoms. The zero-order valence-electron chi connectivity index (χ0n) is 10.7. The van der Waals surface area contributed by atoms with E-state index in [4.69, 9.17) is 5.73 Å².